The van der Waals surface area contributed by atoms with Crippen LogP contribution in [-0.2, 0) is 20.9 Å². The van der Waals surface area contributed by atoms with E-state index < -0.39 is 35.3 Å². The largest absolute Gasteiger partial charge is 0.440 e. The van der Waals surface area contributed by atoms with E-state index in [0.717, 1.165) is 16.0 Å². The van der Waals surface area contributed by atoms with E-state index in [2.05, 4.69) is 0 Å². The SMILES string of the molecule is CC(C)[C@H](O)[C@](C)(OCc1ccccc1)C(=O)N1C(=O)OC(C)(C)[C@H]1c1ccccc1. The second-order valence-corrected chi connectivity index (χ2v) is 9.03. The van der Waals surface area contributed by atoms with Crippen molar-refractivity contribution in [3.8, 4) is 0 Å². The van der Waals surface area contributed by atoms with Gasteiger partial charge in [-0.05, 0) is 37.8 Å². The molecule has 166 valence electrons. The van der Waals surface area contributed by atoms with Gasteiger partial charge < -0.3 is 14.6 Å². The number of rotatable bonds is 7. The Morgan fingerprint density at radius 3 is 2.23 bits per heavy atom. The lowest BCUT2D eigenvalue weighted by atomic mass is 9.86. The van der Waals surface area contributed by atoms with Gasteiger partial charge in [0.1, 0.15) is 11.6 Å². The molecular formula is C25H31NO5. The standard InChI is InChI=1S/C25H31NO5/c1-17(2)21(27)25(5,30-16-18-12-8-6-9-13-18)22(28)26-20(19-14-10-7-11-15-19)24(3,4)31-23(26)29/h6-15,17,20-21,27H,16H2,1-5H3/t20-,21+,25+/m1/s1. The van der Waals surface area contributed by atoms with Crippen molar-refractivity contribution in [2.75, 3.05) is 0 Å². The smallest absolute Gasteiger partial charge is 0.417 e. The van der Waals surface area contributed by atoms with Gasteiger partial charge in [-0.1, -0.05) is 74.5 Å². The van der Waals surface area contributed by atoms with Gasteiger partial charge in [0.25, 0.3) is 5.91 Å². The fourth-order valence-corrected chi connectivity index (χ4v) is 4.09. The molecule has 1 fully saturated rings. The molecule has 1 aliphatic rings. The van der Waals surface area contributed by atoms with Gasteiger partial charge in [-0.15, -0.1) is 0 Å². The highest BCUT2D eigenvalue weighted by atomic mass is 16.6. The molecule has 31 heavy (non-hydrogen) atoms. The zero-order valence-corrected chi connectivity index (χ0v) is 18.7. The van der Waals surface area contributed by atoms with E-state index in [9.17, 15) is 14.7 Å². The number of benzene rings is 2. The van der Waals surface area contributed by atoms with E-state index in [1.165, 1.54) is 0 Å². The van der Waals surface area contributed by atoms with Gasteiger partial charge in [0.2, 0.25) is 0 Å². The van der Waals surface area contributed by atoms with Gasteiger partial charge in [0.05, 0.1) is 12.7 Å². The van der Waals surface area contributed by atoms with Crippen molar-refractivity contribution in [2.24, 2.45) is 5.92 Å². The summed E-state index contributed by atoms with van der Waals surface area (Å²) in [6, 6.07) is 18.1. The number of aliphatic hydroxyl groups is 1. The average Bonchev–Trinajstić information content (AvgIpc) is 3.00. The minimum atomic E-state index is -1.64. The maximum absolute atomic E-state index is 13.9. The average molecular weight is 426 g/mol. The Morgan fingerprint density at radius 2 is 1.68 bits per heavy atom. The fraction of sp³-hybridized carbons (Fsp3) is 0.440. The Kier molecular flexibility index (Phi) is 6.53. The third-order valence-electron chi connectivity index (χ3n) is 5.80. The summed E-state index contributed by atoms with van der Waals surface area (Å²) in [4.78, 5) is 27.8. The minimum Gasteiger partial charge on any atom is -0.440 e. The quantitative estimate of drug-likeness (QED) is 0.708. The number of nitrogens with zero attached hydrogens (tertiary/aromatic N) is 1. The number of hydrogen-bond acceptors (Lipinski definition) is 5. The molecule has 0 radical (unpaired) electrons. The molecule has 3 atom stereocenters. The molecule has 0 aromatic heterocycles. The van der Waals surface area contributed by atoms with Crippen molar-refractivity contribution >= 4 is 12.0 Å². The predicted octanol–water partition coefficient (Wildman–Crippen LogP) is 4.48. The van der Waals surface area contributed by atoms with Gasteiger partial charge in [-0.25, -0.2) is 9.69 Å². The lowest BCUT2D eigenvalue weighted by molar-refractivity contribution is -0.178. The van der Waals surface area contributed by atoms with Crippen LogP contribution in [0.2, 0.25) is 0 Å². The maximum Gasteiger partial charge on any atom is 0.417 e. The number of aliphatic hydroxyl groups excluding tert-OH is 1. The minimum absolute atomic E-state index is 0.120. The molecule has 0 saturated carbocycles. The van der Waals surface area contributed by atoms with Crippen molar-refractivity contribution in [1.29, 1.82) is 0 Å². The van der Waals surface area contributed by atoms with Crippen LogP contribution in [0.15, 0.2) is 60.7 Å². The second-order valence-electron chi connectivity index (χ2n) is 9.03. The molecule has 2 amide bonds. The van der Waals surface area contributed by atoms with E-state index >= 15 is 0 Å². The molecule has 1 saturated heterocycles. The molecule has 1 aliphatic heterocycles. The number of imide groups is 1. The molecule has 6 heteroatoms. The third kappa shape index (κ3) is 4.50. The Hall–Kier alpha value is -2.70. The highest BCUT2D eigenvalue weighted by Gasteiger charge is 2.57. The first-order valence-corrected chi connectivity index (χ1v) is 10.6. The predicted molar refractivity (Wildman–Crippen MR) is 117 cm³/mol. The molecule has 2 aromatic rings. The third-order valence-corrected chi connectivity index (χ3v) is 5.80. The molecule has 0 bridgehead atoms. The summed E-state index contributed by atoms with van der Waals surface area (Å²) < 4.78 is 11.6. The van der Waals surface area contributed by atoms with E-state index in [1.54, 1.807) is 20.8 Å². The molecule has 0 aliphatic carbocycles. The Morgan fingerprint density at radius 1 is 1.13 bits per heavy atom. The summed E-state index contributed by atoms with van der Waals surface area (Å²) in [7, 11) is 0. The summed E-state index contributed by atoms with van der Waals surface area (Å²) in [5.74, 6) is -0.888. The zero-order valence-electron chi connectivity index (χ0n) is 18.7. The summed E-state index contributed by atoms with van der Waals surface area (Å²) in [6.45, 7) is 8.83. The topological polar surface area (TPSA) is 76.1 Å². The first-order valence-electron chi connectivity index (χ1n) is 10.6. The molecule has 1 N–H and O–H groups in total. The van der Waals surface area contributed by atoms with Crippen LogP contribution >= 0.6 is 0 Å². The van der Waals surface area contributed by atoms with Crippen molar-refractivity contribution in [3.05, 3.63) is 71.8 Å². The molecule has 0 spiro atoms. The fourth-order valence-electron chi connectivity index (χ4n) is 4.09. The van der Waals surface area contributed by atoms with E-state index in [4.69, 9.17) is 9.47 Å². The number of hydrogen-bond donors (Lipinski definition) is 1. The van der Waals surface area contributed by atoms with Crippen LogP contribution in [0.5, 0.6) is 0 Å². The van der Waals surface area contributed by atoms with Crippen LogP contribution in [0.1, 0.15) is 51.8 Å². The van der Waals surface area contributed by atoms with Crippen molar-refractivity contribution < 1.29 is 24.2 Å². The summed E-state index contributed by atoms with van der Waals surface area (Å²) >= 11 is 0. The van der Waals surface area contributed by atoms with Gasteiger partial charge in [-0.2, -0.15) is 0 Å². The van der Waals surface area contributed by atoms with Crippen molar-refractivity contribution in [3.63, 3.8) is 0 Å². The van der Waals surface area contributed by atoms with E-state index in [0.29, 0.717) is 0 Å². The highest BCUT2D eigenvalue weighted by Crippen LogP contribution is 2.43. The Labute approximate surface area is 183 Å². The number of cyclic esters (lactones) is 1. The van der Waals surface area contributed by atoms with Crippen molar-refractivity contribution in [2.45, 2.75) is 64.6 Å². The Balaban J connectivity index is 1.99. The molecular weight excluding hydrogens is 394 g/mol. The molecule has 1 heterocycles. The lowest BCUT2D eigenvalue weighted by Gasteiger charge is -2.39. The summed E-state index contributed by atoms with van der Waals surface area (Å²) in [5, 5.41) is 11.0. The number of ether oxygens (including phenoxy) is 2. The van der Waals surface area contributed by atoms with Crippen LogP contribution in [0.25, 0.3) is 0 Å². The lowest BCUT2D eigenvalue weighted by Crippen LogP contribution is -2.58. The van der Waals surface area contributed by atoms with Crippen molar-refractivity contribution in [1.82, 2.24) is 4.90 Å². The first kappa shape index (κ1) is 23.0. The number of amides is 2. The number of carbonyl (C=O) groups excluding carboxylic acids is 2. The van der Waals surface area contributed by atoms with Gasteiger partial charge in [0, 0.05) is 0 Å². The van der Waals surface area contributed by atoms with E-state index in [-0.39, 0.29) is 12.5 Å². The van der Waals surface area contributed by atoms with Crippen LogP contribution in [0, 0.1) is 5.92 Å². The zero-order chi connectivity index (χ0) is 22.8. The molecule has 0 unspecified atom stereocenters. The first-order chi connectivity index (χ1) is 14.6. The van der Waals surface area contributed by atoms with Gasteiger partial charge in [0.15, 0.2) is 5.60 Å². The van der Waals surface area contributed by atoms with Crippen LogP contribution < -0.4 is 0 Å². The molecule has 2 aromatic carbocycles. The maximum atomic E-state index is 13.9. The van der Waals surface area contributed by atoms with Gasteiger partial charge >= 0.3 is 6.09 Å². The highest BCUT2D eigenvalue weighted by molar-refractivity contribution is 5.99. The monoisotopic (exact) mass is 425 g/mol. The van der Waals surface area contributed by atoms with E-state index in [1.807, 2.05) is 74.5 Å². The second kappa shape index (κ2) is 8.81. The normalized spacial score (nSPS) is 20.9. The Bertz CT molecular complexity index is 912. The van der Waals surface area contributed by atoms with Crippen LogP contribution in [0.4, 0.5) is 4.79 Å². The number of carbonyl (C=O) groups is 2. The molecule has 3 rings (SSSR count). The molecule has 6 nitrogen and oxygen atoms in total. The van der Waals surface area contributed by atoms with Crippen LogP contribution in [0.3, 0.4) is 0 Å². The summed E-state index contributed by atoms with van der Waals surface area (Å²) in [5.41, 5.74) is -0.939. The van der Waals surface area contributed by atoms with Gasteiger partial charge in [-0.3, -0.25) is 4.79 Å². The van der Waals surface area contributed by atoms with Crippen LogP contribution in [-0.4, -0.2) is 39.3 Å². The summed E-state index contributed by atoms with van der Waals surface area (Å²) in [6.07, 6.45) is -1.87.